The van der Waals surface area contributed by atoms with E-state index in [9.17, 15) is 14.7 Å². The molecule has 0 saturated heterocycles. The fourth-order valence-electron chi connectivity index (χ4n) is 2.90. The first-order valence-corrected chi connectivity index (χ1v) is 8.34. The van der Waals surface area contributed by atoms with Gasteiger partial charge in [-0.05, 0) is 24.3 Å². The molecule has 1 aromatic carbocycles. The maximum absolute atomic E-state index is 12.8. The van der Waals surface area contributed by atoms with E-state index in [1.165, 1.54) is 17.0 Å². The number of amides is 2. The Hall–Kier alpha value is -2.87. The Morgan fingerprint density at radius 2 is 2.15 bits per heavy atom. The van der Waals surface area contributed by atoms with Crippen LogP contribution in [0.15, 0.2) is 36.5 Å². The second-order valence-electron chi connectivity index (χ2n) is 6.46. The molecule has 0 aliphatic carbocycles. The smallest absolute Gasteiger partial charge is 0.254 e. The highest BCUT2D eigenvalue weighted by molar-refractivity contribution is 5.94. The molecule has 1 aliphatic heterocycles. The minimum absolute atomic E-state index is 0.0133. The lowest BCUT2D eigenvalue weighted by atomic mass is 10.1. The molecule has 0 bridgehead atoms. The van der Waals surface area contributed by atoms with Gasteiger partial charge in [-0.2, -0.15) is 5.10 Å². The van der Waals surface area contributed by atoms with Crippen molar-refractivity contribution in [1.29, 1.82) is 0 Å². The first kappa shape index (κ1) is 17.9. The fraction of sp³-hybridized carbons (Fsp3) is 0.389. The van der Waals surface area contributed by atoms with E-state index >= 15 is 0 Å². The number of rotatable bonds is 5. The molecule has 0 spiro atoms. The van der Waals surface area contributed by atoms with E-state index in [0.717, 1.165) is 5.69 Å². The summed E-state index contributed by atoms with van der Waals surface area (Å²) < 4.78 is 7.39. The molecule has 2 aromatic rings. The molecule has 0 saturated carbocycles. The average molecular weight is 358 g/mol. The Morgan fingerprint density at radius 1 is 1.35 bits per heavy atom. The largest absolute Gasteiger partial charge is 0.508 e. The highest BCUT2D eigenvalue weighted by atomic mass is 16.5. The number of aromatic nitrogens is 2. The van der Waals surface area contributed by atoms with Gasteiger partial charge >= 0.3 is 0 Å². The van der Waals surface area contributed by atoms with Crippen molar-refractivity contribution in [2.75, 3.05) is 33.9 Å². The summed E-state index contributed by atoms with van der Waals surface area (Å²) in [5.41, 5.74) is 1.33. The van der Waals surface area contributed by atoms with Crippen LogP contribution < -0.4 is 0 Å². The van der Waals surface area contributed by atoms with Gasteiger partial charge in [0.25, 0.3) is 5.91 Å². The highest BCUT2D eigenvalue weighted by Gasteiger charge is 2.29. The van der Waals surface area contributed by atoms with Gasteiger partial charge < -0.3 is 19.6 Å². The zero-order valence-corrected chi connectivity index (χ0v) is 14.8. The van der Waals surface area contributed by atoms with E-state index in [-0.39, 0.29) is 36.8 Å². The number of hydrogen-bond donors (Lipinski definition) is 1. The number of hydrogen-bond acceptors (Lipinski definition) is 5. The van der Waals surface area contributed by atoms with Gasteiger partial charge in [-0.1, -0.05) is 6.07 Å². The van der Waals surface area contributed by atoms with Gasteiger partial charge in [0.05, 0.1) is 24.9 Å². The van der Waals surface area contributed by atoms with Crippen LogP contribution in [-0.4, -0.2) is 70.4 Å². The van der Waals surface area contributed by atoms with Crippen molar-refractivity contribution in [2.45, 2.75) is 12.6 Å². The van der Waals surface area contributed by atoms with E-state index in [1.807, 2.05) is 10.7 Å². The molecule has 0 fully saturated rings. The van der Waals surface area contributed by atoms with Crippen molar-refractivity contribution < 1.29 is 19.4 Å². The number of aromatic hydroxyl groups is 1. The van der Waals surface area contributed by atoms with Gasteiger partial charge in [-0.15, -0.1) is 0 Å². The van der Waals surface area contributed by atoms with Crippen molar-refractivity contribution in [3.8, 4) is 5.75 Å². The molecule has 1 aromatic heterocycles. The number of ether oxygens (including phenoxy) is 1. The topological polar surface area (TPSA) is 87.9 Å². The van der Waals surface area contributed by atoms with Crippen LogP contribution in [0.4, 0.5) is 0 Å². The van der Waals surface area contributed by atoms with Crippen molar-refractivity contribution in [2.24, 2.45) is 0 Å². The summed E-state index contributed by atoms with van der Waals surface area (Å²) in [4.78, 5) is 27.6. The lowest BCUT2D eigenvalue weighted by Crippen LogP contribution is -2.43. The van der Waals surface area contributed by atoms with Gasteiger partial charge in [0.2, 0.25) is 5.91 Å². The zero-order chi connectivity index (χ0) is 18.7. The molecule has 3 rings (SSSR count). The summed E-state index contributed by atoms with van der Waals surface area (Å²) in [6.07, 6.45) is 1.69. The maximum Gasteiger partial charge on any atom is 0.254 e. The maximum atomic E-state index is 12.8. The van der Waals surface area contributed by atoms with E-state index in [2.05, 4.69) is 5.10 Å². The molecule has 8 heteroatoms. The fourth-order valence-corrected chi connectivity index (χ4v) is 2.90. The summed E-state index contributed by atoms with van der Waals surface area (Å²) in [6.45, 7) is 1.11. The molecule has 1 N–H and O–H groups in total. The van der Waals surface area contributed by atoms with E-state index in [4.69, 9.17) is 4.74 Å². The first-order valence-electron chi connectivity index (χ1n) is 8.34. The van der Waals surface area contributed by atoms with E-state index in [1.54, 1.807) is 37.3 Å². The molecule has 0 unspecified atom stereocenters. The number of nitrogens with zero attached hydrogens (tertiary/aromatic N) is 4. The van der Waals surface area contributed by atoms with Crippen molar-refractivity contribution in [3.63, 3.8) is 0 Å². The number of phenolic OH excluding ortho intramolecular Hbond substituents is 1. The number of benzene rings is 1. The Bertz CT molecular complexity index is 802. The van der Waals surface area contributed by atoms with Crippen LogP contribution in [0.1, 0.15) is 22.1 Å². The third kappa shape index (κ3) is 3.85. The lowest BCUT2D eigenvalue weighted by molar-refractivity contribution is -0.134. The Balaban J connectivity index is 1.71. The highest BCUT2D eigenvalue weighted by Crippen LogP contribution is 2.23. The number of likely N-dealkylation sites (N-methyl/N-ethyl adjacent to an activating group) is 1. The predicted octanol–water partition coefficient (Wildman–Crippen LogP) is 0.891. The van der Waals surface area contributed by atoms with Crippen LogP contribution >= 0.6 is 0 Å². The number of carbonyl (C=O) groups excluding carboxylic acids is 2. The third-order valence-corrected chi connectivity index (χ3v) is 4.30. The lowest BCUT2D eigenvalue weighted by Gasteiger charge is -2.34. The van der Waals surface area contributed by atoms with Crippen LogP contribution in [0, 0.1) is 0 Å². The monoisotopic (exact) mass is 358 g/mol. The third-order valence-electron chi connectivity index (χ3n) is 4.30. The van der Waals surface area contributed by atoms with Gasteiger partial charge in [-0.25, -0.2) is 0 Å². The van der Waals surface area contributed by atoms with Gasteiger partial charge in [-0.3, -0.25) is 14.3 Å². The second kappa shape index (κ2) is 7.57. The van der Waals surface area contributed by atoms with Gasteiger partial charge in [0.1, 0.15) is 12.4 Å². The molecule has 1 aliphatic rings. The van der Waals surface area contributed by atoms with Crippen LogP contribution in [0.2, 0.25) is 0 Å². The molecule has 1 atom stereocenters. The molecule has 26 heavy (non-hydrogen) atoms. The summed E-state index contributed by atoms with van der Waals surface area (Å²) in [5.74, 6) is -0.225. The normalized spacial score (nSPS) is 16.2. The van der Waals surface area contributed by atoms with Crippen molar-refractivity contribution in [1.82, 2.24) is 19.6 Å². The van der Waals surface area contributed by atoms with Crippen LogP contribution in [-0.2, 0) is 16.1 Å². The van der Waals surface area contributed by atoms with Crippen molar-refractivity contribution in [3.05, 3.63) is 47.8 Å². The summed E-state index contributed by atoms with van der Waals surface area (Å²) >= 11 is 0. The standard InChI is InChI=1S/C18H22N4O4/c1-20(2)17(24)12-26-11-15-10-21(9-14-6-7-19-22(14)15)18(25)13-4-3-5-16(23)8-13/h3-8,15,23H,9-12H2,1-2H3/t15-/m0/s1. The second-order valence-corrected chi connectivity index (χ2v) is 6.46. The summed E-state index contributed by atoms with van der Waals surface area (Å²) in [7, 11) is 3.35. The van der Waals surface area contributed by atoms with Gasteiger partial charge in [0, 0.05) is 32.4 Å². The SMILES string of the molecule is CN(C)C(=O)COC[C@@H]1CN(C(=O)c2cccc(O)c2)Cc2ccnn21. The van der Waals surface area contributed by atoms with Crippen molar-refractivity contribution >= 4 is 11.8 Å². The van der Waals surface area contributed by atoms with Crippen LogP contribution in [0.25, 0.3) is 0 Å². The first-order chi connectivity index (χ1) is 12.5. The number of phenols is 1. The quantitative estimate of drug-likeness (QED) is 0.858. The van der Waals surface area contributed by atoms with E-state index < -0.39 is 0 Å². The Labute approximate surface area is 151 Å². The summed E-state index contributed by atoms with van der Waals surface area (Å²) in [6, 6.07) is 7.99. The molecular weight excluding hydrogens is 336 g/mol. The van der Waals surface area contributed by atoms with Crippen LogP contribution in [0.5, 0.6) is 5.75 Å². The Morgan fingerprint density at radius 3 is 2.88 bits per heavy atom. The summed E-state index contributed by atoms with van der Waals surface area (Å²) in [5, 5.41) is 13.9. The minimum atomic E-state index is -0.176. The van der Waals surface area contributed by atoms with E-state index in [0.29, 0.717) is 18.7 Å². The zero-order valence-electron chi connectivity index (χ0n) is 14.8. The molecule has 8 nitrogen and oxygen atoms in total. The average Bonchev–Trinajstić information content (AvgIpc) is 3.09. The molecule has 138 valence electrons. The Kier molecular flexibility index (Phi) is 5.22. The molecule has 0 radical (unpaired) electrons. The van der Waals surface area contributed by atoms with Crippen LogP contribution in [0.3, 0.4) is 0 Å². The molecular formula is C18H22N4O4. The number of fused-ring (bicyclic) bond motifs is 1. The predicted molar refractivity (Wildman–Crippen MR) is 93.6 cm³/mol. The van der Waals surface area contributed by atoms with Gasteiger partial charge in [0.15, 0.2) is 0 Å². The number of carbonyl (C=O) groups is 2. The minimum Gasteiger partial charge on any atom is -0.508 e. The molecule has 2 heterocycles. The molecule has 2 amide bonds.